The van der Waals surface area contributed by atoms with E-state index in [0.29, 0.717) is 6.61 Å². The van der Waals surface area contributed by atoms with Crippen molar-refractivity contribution in [2.24, 2.45) is 0 Å². The highest BCUT2D eigenvalue weighted by Crippen LogP contribution is 2.18. The molecule has 4 heteroatoms. The van der Waals surface area contributed by atoms with Gasteiger partial charge in [0.05, 0.1) is 12.6 Å². The summed E-state index contributed by atoms with van der Waals surface area (Å²) in [6.07, 6.45) is 1.01. The Balaban J connectivity index is 2.40. The van der Waals surface area contributed by atoms with Crippen LogP contribution >= 0.6 is 0 Å². The van der Waals surface area contributed by atoms with Crippen LogP contribution in [0, 0.1) is 0 Å². The Kier molecular flexibility index (Phi) is 2.46. The lowest BCUT2D eigenvalue weighted by Gasteiger charge is -2.08. The predicted molar refractivity (Wildman–Crippen MR) is 35.5 cm³/mol. The van der Waals surface area contributed by atoms with Gasteiger partial charge in [-0.3, -0.25) is 0 Å². The van der Waals surface area contributed by atoms with Gasteiger partial charge in [0.2, 0.25) is 0 Å². The second-order valence-electron chi connectivity index (χ2n) is 2.10. The second-order valence-corrected chi connectivity index (χ2v) is 2.10. The molecule has 0 saturated carbocycles. The predicted octanol–water partition coefficient (Wildman–Crippen LogP) is 0.380. The summed E-state index contributed by atoms with van der Waals surface area (Å²) < 4.78 is 22.1. The smallest absolute Gasteiger partial charge is 0.118 e. The van der Waals surface area contributed by atoms with Gasteiger partial charge >= 0.3 is 0 Å². The molecule has 10 heavy (non-hydrogen) atoms. The summed E-state index contributed by atoms with van der Waals surface area (Å²) in [5.41, 5.74) is 0. The lowest BCUT2D eigenvalue weighted by molar-refractivity contribution is 0.0337. The lowest BCUT2D eigenvalue weighted by Crippen LogP contribution is -2.17. The van der Waals surface area contributed by atoms with Crippen LogP contribution in [0.4, 0.5) is 4.39 Å². The molecule has 0 aromatic carbocycles. The minimum Gasteiger partial charge on any atom is -0.382 e. The summed E-state index contributed by atoms with van der Waals surface area (Å²) in [5, 5.41) is 0. The van der Waals surface area contributed by atoms with E-state index in [1.54, 1.807) is 0 Å². The van der Waals surface area contributed by atoms with E-state index >= 15 is 0 Å². The van der Waals surface area contributed by atoms with Gasteiger partial charge in [0.15, 0.2) is 0 Å². The SMILES string of the molecule is [B][C@H]1O[C@@H](COC)C=C1F. The molecule has 54 valence electrons. The van der Waals surface area contributed by atoms with Crippen LogP contribution in [0.25, 0.3) is 0 Å². The van der Waals surface area contributed by atoms with Crippen LogP contribution in [0.1, 0.15) is 0 Å². The molecule has 1 rings (SSSR count). The Morgan fingerprint density at radius 3 is 3.00 bits per heavy atom. The zero-order valence-corrected chi connectivity index (χ0v) is 5.71. The first-order chi connectivity index (χ1) is 4.74. The summed E-state index contributed by atoms with van der Waals surface area (Å²) in [5.74, 6) is -0.415. The van der Waals surface area contributed by atoms with Crippen molar-refractivity contribution in [3.8, 4) is 0 Å². The van der Waals surface area contributed by atoms with Crippen molar-refractivity contribution in [3.63, 3.8) is 0 Å². The van der Waals surface area contributed by atoms with Gasteiger partial charge in [0.1, 0.15) is 19.8 Å². The molecule has 0 aromatic rings. The first-order valence-corrected chi connectivity index (χ1v) is 3.01. The highest BCUT2D eigenvalue weighted by Gasteiger charge is 2.22. The van der Waals surface area contributed by atoms with Gasteiger partial charge in [-0.1, -0.05) is 0 Å². The first-order valence-electron chi connectivity index (χ1n) is 3.01. The van der Waals surface area contributed by atoms with Crippen LogP contribution in [0.15, 0.2) is 11.9 Å². The molecular weight excluding hydrogens is 134 g/mol. The van der Waals surface area contributed by atoms with Gasteiger partial charge in [0, 0.05) is 7.11 Å². The minimum absolute atomic E-state index is 0.319. The second kappa shape index (κ2) is 3.17. The van der Waals surface area contributed by atoms with E-state index in [4.69, 9.17) is 17.3 Å². The molecule has 0 fully saturated rings. The summed E-state index contributed by atoms with van der Waals surface area (Å²) in [6.45, 7) is 0.348. The van der Waals surface area contributed by atoms with E-state index < -0.39 is 11.8 Å². The fourth-order valence-corrected chi connectivity index (χ4v) is 0.817. The summed E-state index contributed by atoms with van der Waals surface area (Å²) in [7, 11) is 6.70. The van der Waals surface area contributed by atoms with Crippen LogP contribution in [-0.4, -0.2) is 33.7 Å². The number of halogens is 1. The van der Waals surface area contributed by atoms with E-state index in [2.05, 4.69) is 0 Å². The maximum Gasteiger partial charge on any atom is 0.118 e. The van der Waals surface area contributed by atoms with Gasteiger partial charge in [-0.2, -0.15) is 0 Å². The first kappa shape index (κ1) is 7.76. The summed E-state index contributed by atoms with van der Waals surface area (Å²) >= 11 is 0. The van der Waals surface area contributed by atoms with Crippen LogP contribution in [-0.2, 0) is 9.47 Å². The normalized spacial score (nSPS) is 32.4. The zero-order valence-electron chi connectivity index (χ0n) is 5.71. The molecule has 0 aromatic heterocycles. The van der Waals surface area contributed by atoms with Crippen molar-refractivity contribution >= 4 is 7.85 Å². The van der Waals surface area contributed by atoms with Crippen LogP contribution in [0.3, 0.4) is 0 Å². The molecule has 1 heterocycles. The third-order valence-corrected chi connectivity index (χ3v) is 1.27. The van der Waals surface area contributed by atoms with Crippen molar-refractivity contribution in [1.29, 1.82) is 0 Å². The van der Waals surface area contributed by atoms with Crippen molar-refractivity contribution < 1.29 is 13.9 Å². The highest BCUT2D eigenvalue weighted by molar-refractivity contribution is 6.12. The summed E-state index contributed by atoms with van der Waals surface area (Å²) in [6, 6.07) is -0.889. The molecule has 0 amide bonds. The Bertz CT molecular complexity index is 149. The fraction of sp³-hybridized carbons (Fsp3) is 0.667. The van der Waals surface area contributed by atoms with Crippen molar-refractivity contribution in [1.82, 2.24) is 0 Å². The molecule has 0 saturated heterocycles. The monoisotopic (exact) mass is 142 g/mol. The Hall–Kier alpha value is -0.345. The van der Waals surface area contributed by atoms with Crippen LogP contribution in [0.5, 0.6) is 0 Å². The topological polar surface area (TPSA) is 18.5 Å². The van der Waals surface area contributed by atoms with Crippen molar-refractivity contribution in [2.45, 2.75) is 12.1 Å². The van der Waals surface area contributed by atoms with Crippen molar-refractivity contribution in [2.75, 3.05) is 13.7 Å². The Morgan fingerprint density at radius 1 is 1.90 bits per heavy atom. The maximum absolute atomic E-state index is 12.4. The van der Waals surface area contributed by atoms with E-state index in [1.165, 1.54) is 13.2 Å². The molecule has 0 unspecified atom stereocenters. The molecule has 1 aliphatic rings. The van der Waals surface area contributed by atoms with E-state index in [9.17, 15) is 4.39 Å². The highest BCUT2D eigenvalue weighted by atomic mass is 19.1. The maximum atomic E-state index is 12.4. The third kappa shape index (κ3) is 1.58. The molecule has 0 spiro atoms. The number of rotatable bonds is 2. The Morgan fingerprint density at radius 2 is 2.60 bits per heavy atom. The fourth-order valence-electron chi connectivity index (χ4n) is 0.817. The van der Waals surface area contributed by atoms with Crippen LogP contribution < -0.4 is 0 Å². The number of hydrogen-bond acceptors (Lipinski definition) is 2. The Labute approximate surface area is 60.4 Å². The molecule has 0 bridgehead atoms. The van der Waals surface area contributed by atoms with E-state index in [1.807, 2.05) is 0 Å². The number of hydrogen-bond donors (Lipinski definition) is 0. The van der Waals surface area contributed by atoms with Crippen molar-refractivity contribution in [3.05, 3.63) is 11.9 Å². The van der Waals surface area contributed by atoms with E-state index in [-0.39, 0.29) is 6.10 Å². The molecule has 2 nitrogen and oxygen atoms in total. The molecule has 2 atom stereocenters. The summed E-state index contributed by atoms with van der Waals surface area (Å²) in [4.78, 5) is 0. The molecule has 0 aliphatic carbocycles. The largest absolute Gasteiger partial charge is 0.382 e. The number of ether oxygens (including phenoxy) is 2. The quantitative estimate of drug-likeness (QED) is 0.519. The average molecular weight is 142 g/mol. The average Bonchev–Trinajstić information content (AvgIpc) is 2.14. The standard InChI is InChI=1S/C6H8BFO2/c1-9-3-4-2-5(8)6(7)10-4/h2,4,6H,3H2,1H3/t4-,6+/m1/s1. The molecule has 0 N–H and O–H groups in total. The van der Waals surface area contributed by atoms with Gasteiger partial charge in [-0.15, -0.1) is 0 Å². The number of methoxy groups -OCH3 is 1. The molecular formula is C6H8BFO2. The molecule has 1 aliphatic heterocycles. The lowest BCUT2D eigenvalue weighted by atomic mass is 10.0. The third-order valence-electron chi connectivity index (χ3n) is 1.27. The van der Waals surface area contributed by atoms with E-state index in [0.717, 1.165) is 0 Å². The van der Waals surface area contributed by atoms with Gasteiger partial charge in [-0.25, -0.2) is 4.39 Å². The van der Waals surface area contributed by atoms with Gasteiger partial charge in [-0.05, 0) is 6.08 Å². The van der Waals surface area contributed by atoms with Gasteiger partial charge < -0.3 is 9.47 Å². The molecule has 2 radical (unpaired) electrons. The minimum atomic E-state index is -0.889. The van der Waals surface area contributed by atoms with Crippen LogP contribution in [0.2, 0.25) is 0 Å². The zero-order chi connectivity index (χ0) is 7.56. The van der Waals surface area contributed by atoms with Gasteiger partial charge in [0.25, 0.3) is 0 Å².